The molecule has 0 aromatic heterocycles. The topological polar surface area (TPSA) is 51.2 Å². The molecule has 1 atom stereocenters. The van der Waals surface area contributed by atoms with Crippen LogP contribution < -0.4 is 9.47 Å². The summed E-state index contributed by atoms with van der Waals surface area (Å²) in [6.07, 6.45) is 2.21. The fourth-order valence-electron chi connectivity index (χ4n) is 2.90. The van der Waals surface area contributed by atoms with Crippen LogP contribution in [0, 0.1) is 0 Å². The van der Waals surface area contributed by atoms with Crippen molar-refractivity contribution >= 4 is 5.91 Å². The van der Waals surface area contributed by atoms with Crippen LogP contribution in [0.5, 0.6) is 11.5 Å². The van der Waals surface area contributed by atoms with Crippen molar-refractivity contribution in [2.75, 3.05) is 47.1 Å². The van der Waals surface area contributed by atoms with Gasteiger partial charge < -0.3 is 24.0 Å². The van der Waals surface area contributed by atoms with Crippen molar-refractivity contribution in [3.63, 3.8) is 0 Å². The number of benzene rings is 1. The van der Waals surface area contributed by atoms with Crippen LogP contribution >= 0.6 is 0 Å². The number of nitrogens with zero attached hydrogens (tertiary/aromatic N) is 2. The fourth-order valence-corrected chi connectivity index (χ4v) is 2.90. The molecule has 0 bridgehead atoms. The Labute approximate surface area is 136 Å². The van der Waals surface area contributed by atoms with Crippen molar-refractivity contribution in [3.8, 4) is 11.5 Å². The lowest BCUT2D eigenvalue weighted by molar-refractivity contribution is 0.0509. The molecule has 126 valence electrons. The predicted octanol–water partition coefficient (Wildman–Crippen LogP) is 1.60. The molecule has 1 aromatic rings. The number of hydrogen-bond donors (Lipinski definition) is 0. The SMILES string of the molecule is CN(C)CCN(C[C@@H]1CCCO1)C(=O)c1cccc2c1OCO2. The molecule has 1 fully saturated rings. The van der Waals surface area contributed by atoms with Crippen LogP contribution in [0.25, 0.3) is 0 Å². The number of hydrogen-bond acceptors (Lipinski definition) is 5. The normalized spacial score (nSPS) is 19.3. The van der Waals surface area contributed by atoms with Gasteiger partial charge in [-0.15, -0.1) is 0 Å². The number of carbonyl (C=O) groups excluding carboxylic acids is 1. The molecule has 6 heteroatoms. The number of ether oxygens (including phenoxy) is 3. The van der Waals surface area contributed by atoms with Gasteiger partial charge >= 0.3 is 0 Å². The first-order valence-corrected chi connectivity index (χ1v) is 8.09. The van der Waals surface area contributed by atoms with E-state index >= 15 is 0 Å². The Bertz CT molecular complexity index is 556. The Kier molecular flexibility index (Phi) is 5.03. The number of fused-ring (bicyclic) bond motifs is 1. The van der Waals surface area contributed by atoms with Gasteiger partial charge in [-0.05, 0) is 39.1 Å². The molecule has 2 heterocycles. The zero-order valence-corrected chi connectivity index (χ0v) is 13.8. The summed E-state index contributed by atoms with van der Waals surface area (Å²) >= 11 is 0. The van der Waals surface area contributed by atoms with Gasteiger partial charge in [0.25, 0.3) is 5.91 Å². The lowest BCUT2D eigenvalue weighted by Crippen LogP contribution is -2.41. The van der Waals surface area contributed by atoms with Gasteiger partial charge in [-0.25, -0.2) is 0 Å². The van der Waals surface area contributed by atoms with Crippen molar-refractivity contribution in [3.05, 3.63) is 23.8 Å². The molecule has 0 spiro atoms. The summed E-state index contributed by atoms with van der Waals surface area (Å²) < 4.78 is 16.6. The van der Waals surface area contributed by atoms with Gasteiger partial charge in [0.15, 0.2) is 11.5 Å². The van der Waals surface area contributed by atoms with Gasteiger partial charge in [-0.1, -0.05) is 6.07 Å². The number of carbonyl (C=O) groups is 1. The summed E-state index contributed by atoms with van der Waals surface area (Å²) in [5.41, 5.74) is 0.566. The summed E-state index contributed by atoms with van der Waals surface area (Å²) in [5, 5.41) is 0. The maximum Gasteiger partial charge on any atom is 0.257 e. The standard InChI is InChI=1S/C17H24N2O4/c1-18(2)8-9-19(11-13-5-4-10-21-13)17(20)14-6-3-7-15-16(14)23-12-22-15/h3,6-7,13H,4-5,8-12H2,1-2H3/t13-/m0/s1. The maximum atomic E-state index is 13.0. The molecular weight excluding hydrogens is 296 g/mol. The first-order valence-electron chi connectivity index (χ1n) is 8.09. The van der Waals surface area contributed by atoms with E-state index in [2.05, 4.69) is 4.90 Å². The van der Waals surface area contributed by atoms with E-state index in [1.165, 1.54) is 0 Å². The molecule has 3 rings (SSSR count). The average molecular weight is 320 g/mol. The largest absolute Gasteiger partial charge is 0.454 e. The summed E-state index contributed by atoms with van der Waals surface area (Å²) in [7, 11) is 4.01. The Balaban J connectivity index is 1.77. The molecule has 2 aliphatic rings. The molecule has 0 unspecified atom stereocenters. The Hall–Kier alpha value is -1.79. The van der Waals surface area contributed by atoms with Crippen LogP contribution in [0.2, 0.25) is 0 Å². The van der Waals surface area contributed by atoms with E-state index in [0.717, 1.165) is 26.0 Å². The van der Waals surface area contributed by atoms with Gasteiger partial charge in [-0.2, -0.15) is 0 Å². The van der Waals surface area contributed by atoms with Gasteiger partial charge in [0.1, 0.15) is 0 Å². The van der Waals surface area contributed by atoms with Crippen molar-refractivity contribution in [1.29, 1.82) is 0 Å². The molecule has 1 saturated heterocycles. The zero-order valence-electron chi connectivity index (χ0n) is 13.8. The first-order chi connectivity index (χ1) is 11.1. The maximum absolute atomic E-state index is 13.0. The zero-order chi connectivity index (χ0) is 16.2. The van der Waals surface area contributed by atoms with Crippen LogP contribution in [0.3, 0.4) is 0 Å². The highest BCUT2D eigenvalue weighted by molar-refractivity contribution is 5.98. The van der Waals surface area contributed by atoms with Crippen molar-refractivity contribution in [2.45, 2.75) is 18.9 Å². The minimum atomic E-state index is -0.0234. The lowest BCUT2D eigenvalue weighted by Gasteiger charge is -2.27. The molecule has 0 radical (unpaired) electrons. The van der Waals surface area contributed by atoms with E-state index in [-0.39, 0.29) is 18.8 Å². The number of rotatable bonds is 6. The molecule has 1 aromatic carbocycles. The smallest absolute Gasteiger partial charge is 0.257 e. The predicted molar refractivity (Wildman–Crippen MR) is 86.0 cm³/mol. The molecule has 1 amide bonds. The third-order valence-electron chi connectivity index (χ3n) is 4.18. The van der Waals surface area contributed by atoms with Crippen molar-refractivity contribution in [2.24, 2.45) is 0 Å². The lowest BCUT2D eigenvalue weighted by atomic mass is 10.1. The van der Waals surface area contributed by atoms with Gasteiger partial charge in [-0.3, -0.25) is 4.79 Å². The molecule has 0 saturated carbocycles. The quantitative estimate of drug-likeness (QED) is 0.797. The molecule has 23 heavy (non-hydrogen) atoms. The van der Waals surface area contributed by atoms with Gasteiger partial charge in [0.2, 0.25) is 6.79 Å². The highest BCUT2D eigenvalue weighted by Gasteiger charge is 2.28. The Morgan fingerprint density at radius 1 is 1.26 bits per heavy atom. The van der Waals surface area contributed by atoms with Crippen LogP contribution in [-0.2, 0) is 4.74 Å². The minimum absolute atomic E-state index is 0.0234. The van der Waals surface area contributed by atoms with E-state index < -0.39 is 0 Å². The Morgan fingerprint density at radius 3 is 2.87 bits per heavy atom. The summed E-state index contributed by atoms with van der Waals surface area (Å²) in [6, 6.07) is 5.45. The highest BCUT2D eigenvalue weighted by atomic mass is 16.7. The number of para-hydroxylation sites is 1. The molecule has 6 nitrogen and oxygen atoms in total. The van der Waals surface area contributed by atoms with E-state index in [0.29, 0.717) is 30.2 Å². The van der Waals surface area contributed by atoms with E-state index in [1.807, 2.05) is 31.1 Å². The average Bonchev–Trinajstić information content (AvgIpc) is 3.21. The van der Waals surface area contributed by atoms with Crippen LogP contribution in [0.1, 0.15) is 23.2 Å². The highest BCUT2D eigenvalue weighted by Crippen LogP contribution is 2.36. The van der Waals surface area contributed by atoms with Crippen LogP contribution in [0.15, 0.2) is 18.2 Å². The second-order valence-corrected chi connectivity index (χ2v) is 6.23. The molecular formula is C17H24N2O4. The molecule has 2 aliphatic heterocycles. The second kappa shape index (κ2) is 7.19. The molecule has 0 N–H and O–H groups in total. The Morgan fingerprint density at radius 2 is 2.13 bits per heavy atom. The third kappa shape index (κ3) is 3.76. The summed E-state index contributed by atoms with van der Waals surface area (Å²) in [4.78, 5) is 17.0. The van der Waals surface area contributed by atoms with Crippen molar-refractivity contribution < 1.29 is 19.0 Å². The van der Waals surface area contributed by atoms with Gasteiger partial charge in [0.05, 0.1) is 11.7 Å². The summed E-state index contributed by atoms with van der Waals surface area (Å²) in [5.74, 6) is 1.17. The van der Waals surface area contributed by atoms with Crippen molar-refractivity contribution in [1.82, 2.24) is 9.80 Å². The second-order valence-electron chi connectivity index (χ2n) is 6.23. The van der Waals surface area contributed by atoms with Crippen LogP contribution in [0.4, 0.5) is 0 Å². The van der Waals surface area contributed by atoms with E-state index in [9.17, 15) is 4.79 Å². The monoisotopic (exact) mass is 320 g/mol. The number of amides is 1. The van der Waals surface area contributed by atoms with E-state index in [4.69, 9.17) is 14.2 Å². The first kappa shape index (κ1) is 16.1. The van der Waals surface area contributed by atoms with Gasteiger partial charge in [0, 0.05) is 26.2 Å². The van der Waals surface area contributed by atoms with E-state index in [1.54, 1.807) is 6.07 Å². The fraction of sp³-hybridized carbons (Fsp3) is 0.588. The molecule has 0 aliphatic carbocycles. The van der Waals surface area contributed by atoms with Crippen LogP contribution in [-0.4, -0.2) is 68.9 Å². The minimum Gasteiger partial charge on any atom is -0.454 e. The number of likely N-dealkylation sites (N-methyl/N-ethyl adjacent to an activating group) is 1. The third-order valence-corrected chi connectivity index (χ3v) is 4.18. The summed E-state index contributed by atoms with van der Waals surface area (Å²) in [6.45, 7) is 3.05.